The van der Waals surface area contributed by atoms with Crippen LogP contribution in [0.3, 0.4) is 0 Å². The Bertz CT molecular complexity index is 1120. The highest BCUT2D eigenvalue weighted by Crippen LogP contribution is 2.37. The smallest absolute Gasteiger partial charge is 0.236 e. The number of sulfone groups is 1. The van der Waals surface area contributed by atoms with E-state index in [1.165, 1.54) is 7.11 Å². The first-order valence-corrected chi connectivity index (χ1v) is 10.9. The second-order valence-corrected chi connectivity index (χ2v) is 8.48. The van der Waals surface area contributed by atoms with Gasteiger partial charge in [-0.05, 0) is 30.3 Å². The molecule has 0 bridgehead atoms. The van der Waals surface area contributed by atoms with Gasteiger partial charge in [-0.3, -0.25) is 0 Å². The average Bonchev–Trinajstić information content (AvgIpc) is 3.26. The van der Waals surface area contributed by atoms with E-state index < -0.39 is 9.84 Å². The van der Waals surface area contributed by atoms with E-state index in [-0.39, 0.29) is 21.7 Å². The molecule has 1 saturated heterocycles. The number of nitrogens with zero attached hydrogens (tertiary/aromatic N) is 2. The van der Waals surface area contributed by atoms with Gasteiger partial charge in [0.2, 0.25) is 26.6 Å². The molecule has 0 atom stereocenters. The molecule has 1 aliphatic heterocycles. The van der Waals surface area contributed by atoms with E-state index in [0.717, 1.165) is 0 Å². The van der Waals surface area contributed by atoms with Crippen LogP contribution in [0.25, 0.3) is 11.5 Å². The summed E-state index contributed by atoms with van der Waals surface area (Å²) >= 11 is 0. The Hall–Kier alpha value is -3.04. The predicted molar refractivity (Wildman–Crippen MR) is 110 cm³/mol. The highest BCUT2D eigenvalue weighted by atomic mass is 32.2. The lowest BCUT2D eigenvalue weighted by Crippen LogP contribution is -2.36. The van der Waals surface area contributed by atoms with Crippen molar-refractivity contribution in [2.45, 2.75) is 9.92 Å². The van der Waals surface area contributed by atoms with Crippen LogP contribution in [-0.2, 0) is 14.6 Å². The molecule has 9 heteroatoms. The monoisotopic (exact) mass is 430 g/mol. The zero-order valence-electron chi connectivity index (χ0n) is 16.7. The number of aromatic nitrogens is 1. The van der Waals surface area contributed by atoms with Crippen LogP contribution >= 0.6 is 0 Å². The topological polar surface area (TPSA) is 91.1 Å². The van der Waals surface area contributed by atoms with Crippen molar-refractivity contribution >= 4 is 15.7 Å². The Morgan fingerprint density at radius 2 is 1.67 bits per heavy atom. The predicted octanol–water partition coefficient (Wildman–Crippen LogP) is 3.03. The van der Waals surface area contributed by atoms with Crippen molar-refractivity contribution in [3.05, 3.63) is 48.5 Å². The van der Waals surface area contributed by atoms with Gasteiger partial charge in [0.05, 0.1) is 32.3 Å². The fourth-order valence-electron chi connectivity index (χ4n) is 3.24. The van der Waals surface area contributed by atoms with Gasteiger partial charge in [0.1, 0.15) is 0 Å². The van der Waals surface area contributed by atoms with Crippen molar-refractivity contribution < 1.29 is 27.0 Å². The number of ether oxygens (including phenoxy) is 3. The average molecular weight is 430 g/mol. The molecule has 0 radical (unpaired) electrons. The highest BCUT2D eigenvalue weighted by molar-refractivity contribution is 7.91. The Morgan fingerprint density at radius 1 is 0.967 bits per heavy atom. The van der Waals surface area contributed by atoms with Gasteiger partial charge >= 0.3 is 0 Å². The molecule has 0 spiro atoms. The van der Waals surface area contributed by atoms with E-state index in [1.807, 2.05) is 4.90 Å². The highest BCUT2D eigenvalue weighted by Gasteiger charge is 2.32. The number of methoxy groups -OCH3 is 2. The van der Waals surface area contributed by atoms with Crippen molar-refractivity contribution in [2.24, 2.45) is 0 Å². The summed E-state index contributed by atoms with van der Waals surface area (Å²) in [5.41, 5.74) is 0.580. The Kier molecular flexibility index (Phi) is 5.65. The maximum atomic E-state index is 13.3. The number of hydrogen-bond donors (Lipinski definition) is 0. The summed E-state index contributed by atoms with van der Waals surface area (Å²) < 4.78 is 48.7. The first-order chi connectivity index (χ1) is 14.5. The standard InChI is InChI=1S/C21H22N2O6S/c1-26-17-9-8-15(14-18(17)27-2)19-22-20(21(29-19)23-10-12-28-13-11-23)30(24,25)16-6-4-3-5-7-16/h3-9,14H,10-13H2,1-2H3. The summed E-state index contributed by atoms with van der Waals surface area (Å²) in [7, 11) is -0.803. The van der Waals surface area contributed by atoms with Gasteiger partial charge in [0.15, 0.2) is 11.5 Å². The van der Waals surface area contributed by atoms with E-state index in [1.54, 1.807) is 55.6 Å². The summed E-state index contributed by atoms with van der Waals surface area (Å²) in [4.78, 5) is 6.40. The van der Waals surface area contributed by atoms with Crippen LogP contribution in [0, 0.1) is 0 Å². The number of hydrogen-bond acceptors (Lipinski definition) is 8. The lowest BCUT2D eigenvalue weighted by molar-refractivity contribution is 0.120. The van der Waals surface area contributed by atoms with Gasteiger partial charge in [-0.15, -0.1) is 0 Å². The van der Waals surface area contributed by atoms with Crippen LogP contribution in [0.4, 0.5) is 5.88 Å². The van der Waals surface area contributed by atoms with Crippen molar-refractivity contribution in [2.75, 3.05) is 45.4 Å². The zero-order chi connectivity index (χ0) is 21.1. The molecule has 1 aliphatic rings. The van der Waals surface area contributed by atoms with Crippen LogP contribution in [0.15, 0.2) is 62.9 Å². The summed E-state index contributed by atoms with van der Waals surface area (Å²) in [6.07, 6.45) is 0. The molecular weight excluding hydrogens is 408 g/mol. The van der Waals surface area contributed by atoms with Crippen LogP contribution in [0.1, 0.15) is 0 Å². The quantitative estimate of drug-likeness (QED) is 0.589. The molecule has 3 aromatic rings. The van der Waals surface area contributed by atoms with Crippen LogP contribution in [0.2, 0.25) is 0 Å². The second-order valence-electron chi connectivity index (χ2n) is 6.61. The zero-order valence-corrected chi connectivity index (χ0v) is 17.5. The van der Waals surface area contributed by atoms with Crippen molar-refractivity contribution in [3.63, 3.8) is 0 Å². The lowest BCUT2D eigenvalue weighted by Gasteiger charge is -2.26. The Balaban J connectivity index is 1.84. The molecule has 2 heterocycles. The maximum absolute atomic E-state index is 13.3. The van der Waals surface area contributed by atoms with Crippen molar-refractivity contribution in [1.29, 1.82) is 0 Å². The SMILES string of the molecule is COc1ccc(-c2nc(S(=O)(=O)c3ccccc3)c(N3CCOCC3)o2)cc1OC. The first-order valence-electron chi connectivity index (χ1n) is 9.40. The van der Waals surface area contributed by atoms with Gasteiger partial charge in [0.25, 0.3) is 0 Å². The molecule has 158 valence electrons. The lowest BCUT2D eigenvalue weighted by atomic mass is 10.2. The maximum Gasteiger partial charge on any atom is 0.236 e. The summed E-state index contributed by atoms with van der Waals surface area (Å²) in [5.74, 6) is 1.45. The van der Waals surface area contributed by atoms with E-state index in [4.69, 9.17) is 18.6 Å². The Labute approximate surface area is 174 Å². The van der Waals surface area contributed by atoms with Gasteiger partial charge in [0, 0.05) is 18.7 Å². The molecule has 0 unspecified atom stereocenters. The fourth-order valence-corrected chi connectivity index (χ4v) is 4.59. The number of morpholine rings is 1. The molecule has 0 N–H and O–H groups in total. The third-order valence-electron chi connectivity index (χ3n) is 4.82. The van der Waals surface area contributed by atoms with E-state index >= 15 is 0 Å². The van der Waals surface area contributed by atoms with Crippen molar-refractivity contribution in [3.8, 4) is 23.0 Å². The minimum Gasteiger partial charge on any atom is -0.493 e. The minimum atomic E-state index is -3.88. The fraction of sp³-hybridized carbons (Fsp3) is 0.286. The second kappa shape index (κ2) is 8.37. The number of rotatable bonds is 6. The molecule has 8 nitrogen and oxygen atoms in total. The molecule has 30 heavy (non-hydrogen) atoms. The van der Waals surface area contributed by atoms with Gasteiger partial charge in [-0.25, -0.2) is 8.42 Å². The summed E-state index contributed by atoms with van der Waals surface area (Å²) in [5, 5.41) is -0.111. The van der Waals surface area contributed by atoms with Gasteiger partial charge in [-0.2, -0.15) is 4.98 Å². The number of anilines is 1. The van der Waals surface area contributed by atoms with E-state index in [0.29, 0.717) is 43.4 Å². The van der Waals surface area contributed by atoms with Gasteiger partial charge in [-0.1, -0.05) is 18.2 Å². The third kappa shape index (κ3) is 3.73. The number of oxazole rings is 1. The molecule has 1 aromatic heterocycles. The largest absolute Gasteiger partial charge is 0.493 e. The Morgan fingerprint density at radius 3 is 2.33 bits per heavy atom. The molecule has 1 fully saturated rings. The van der Waals surface area contributed by atoms with Crippen molar-refractivity contribution in [1.82, 2.24) is 4.98 Å². The molecular formula is C21H22N2O6S. The number of benzene rings is 2. The molecule has 0 aliphatic carbocycles. The summed E-state index contributed by atoms with van der Waals surface area (Å²) in [6.45, 7) is 1.99. The third-order valence-corrected chi connectivity index (χ3v) is 6.48. The van der Waals surface area contributed by atoms with Crippen LogP contribution < -0.4 is 14.4 Å². The first kappa shape index (κ1) is 20.2. The molecule has 0 amide bonds. The summed E-state index contributed by atoms with van der Waals surface area (Å²) in [6, 6.07) is 13.4. The van der Waals surface area contributed by atoms with E-state index in [9.17, 15) is 8.42 Å². The van der Waals surface area contributed by atoms with Crippen LogP contribution in [0.5, 0.6) is 11.5 Å². The van der Waals surface area contributed by atoms with Gasteiger partial charge < -0.3 is 23.5 Å². The molecule has 0 saturated carbocycles. The molecule has 2 aromatic carbocycles. The molecule has 4 rings (SSSR count). The van der Waals surface area contributed by atoms with Crippen LogP contribution in [-0.4, -0.2) is 53.9 Å². The minimum absolute atomic E-state index is 0.111. The normalized spacial score (nSPS) is 14.5. The van der Waals surface area contributed by atoms with E-state index in [2.05, 4.69) is 4.98 Å².